The quantitative estimate of drug-likeness (QED) is 0.350. The van der Waals surface area contributed by atoms with Gasteiger partial charge in [0.15, 0.2) is 0 Å². The number of nitrogens with two attached hydrogens (primary N) is 2. The Morgan fingerprint density at radius 2 is 0.898 bits per heavy atom. The van der Waals surface area contributed by atoms with Crippen molar-refractivity contribution < 1.29 is 19.2 Å². The predicted molar refractivity (Wildman–Crippen MR) is 193 cm³/mol. The Balaban J connectivity index is 1.41. The Bertz CT molecular complexity index is 1870. The number of hydrogen-bond acceptors (Lipinski definition) is 6. The summed E-state index contributed by atoms with van der Waals surface area (Å²) >= 11 is 0. The van der Waals surface area contributed by atoms with E-state index in [2.05, 4.69) is 0 Å². The molecular weight excluding hydrogens is 612 g/mol. The summed E-state index contributed by atoms with van der Waals surface area (Å²) in [4.78, 5) is 60.9. The molecule has 0 radical (unpaired) electrons. The second-order valence-corrected chi connectivity index (χ2v) is 18.0. The molecule has 8 nitrogen and oxygen atoms in total. The first kappa shape index (κ1) is 35.2. The molecule has 2 atom stereocenters. The minimum absolute atomic E-state index is 0.251. The smallest absolute Gasteiger partial charge is 0.261 e. The molecule has 2 unspecified atom stereocenters. The summed E-state index contributed by atoms with van der Waals surface area (Å²) < 4.78 is 0. The van der Waals surface area contributed by atoms with E-state index in [9.17, 15) is 19.2 Å². The van der Waals surface area contributed by atoms with Crippen molar-refractivity contribution >= 4 is 23.6 Å². The van der Waals surface area contributed by atoms with Crippen molar-refractivity contribution in [3.63, 3.8) is 0 Å². The largest absolute Gasteiger partial charge is 0.322 e. The molecule has 262 valence electrons. The highest BCUT2D eigenvalue weighted by Gasteiger charge is 2.75. The molecule has 6 rings (SSSR count). The monoisotopic (exact) mass is 666 g/mol. The Kier molecular flexibility index (Phi) is 7.35. The molecular formula is C41H54N4O4. The van der Waals surface area contributed by atoms with Gasteiger partial charge in [-0.15, -0.1) is 0 Å². The molecule has 0 spiro atoms. The Hall–Kier alpha value is -3.62. The second kappa shape index (κ2) is 10.2. The van der Waals surface area contributed by atoms with Gasteiger partial charge in [0.1, 0.15) is 0 Å². The summed E-state index contributed by atoms with van der Waals surface area (Å²) in [5.74, 6) is -1.18. The van der Waals surface area contributed by atoms with Gasteiger partial charge in [-0.05, 0) is 143 Å². The van der Waals surface area contributed by atoms with Crippen molar-refractivity contribution in [1.82, 2.24) is 9.80 Å². The Labute approximate surface area is 291 Å². The lowest BCUT2D eigenvalue weighted by atomic mass is 9.48. The van der Waals surface area contributed by atoms with Crippen molar-refractivity contribution in [2.24, 2.45) is 11.5 Å². The number of allylic oxidation sites excluding steroid dienone is 4. The maximum atomic E-state index is 14.6. The summed E-state index contributed by atoms with van der Waals surface area (Å²) in [6, 6.07) is 3.67. The third-order valence-electron chi connectivity index (χ3n) is 13.0. The molecule has 8 heteroatoms. The average molecular weight is 667 g/mol. The van der Waals surface area contributed by atoms with E-state index >= 15 is 0 Å². The van der Waals surface area contributed by atoms with Gasteiger partial charge in [0.25, 0.3) is 5.91 Å². The zero-order valence-corrected chi connectivity index (χ0v) is 31.5. The first-order valence-electron chi connectivity index (χ1n) is 17.6. The van der Waals surface area contributed by atoms with Gasteiger partial charge >= 0.3 is 0 Å². The summed E-state index contributed by atoms with van der Waals surface area (Å²) in [5, 5.41) is 0. The third-order valence-corrected chi connectivity index (χ3v) is 13.0. The van der Waals surface area contributed by atoms with Crippen LogP contribution in [0.1, 0.15) is 136 Å². The maximum absolute atomic E-state index is 14.6. The van der Waals surface area contributed by atoms with Crippen molar-refractivity contribution in [1.29, 1.82) is 0 Å². The van der Waals surface area contributed by atoms with Gasteiger partial charge in [-0.25, -0.2) is 0 Å². The lowest BCUT2D eigenvalue weighted by molar-refractivity contribution is -0.145. The van der Waals surface area contributed by atoms with Gasteiger partial charge < -0.3 is 11.5 Å². The van der Waals surface area contributed by atoms with E-state index < -0.39 is 38.4 Å². The number of nitrogens with zero attached hydrogens (tertiary/aromatic N) is 2. The van der Waals surface area contributed by atoms with Crippen molar-refractivity contribution in [2.75, 3.05) is 0 Å². The molecule has 49 heavy (non-hydrogen) atoms. The zero-order chi connectivity index (χ0) is 36.7. The Morgan fingerprint density at radius 1 is 0.531 bits per heavy atom. The number of fused-ring (bicyclic) bond motifs is 5. The molecule has 1 fully saturated rings. The highest BCUT2D eigenvalue weighted by Crippen LogP contribution is 2.64. The van der Waals surface area contributed by atoms with Crippen LogP contribution in [0.2, 0.25) is 0 Å². The molecule has 4 N–H and O–H groups in total. The van der Waals surface area contributed by atoms with Crippen LogP contribution in [-0.4, -0.2) is 55.6 Å². The predicted octanol–water partition coefficient (Wildman–Crippen LogP) is 6.17. The van der Waals surface area contributed by atoms with E-state index in [1.54, 1.807) is 6.07 Å². The molecule has 5 aliphatic rings. The van der Waals surface area contributed by atoms with Crippen molar-refractivity contribution in [3.05, 3.63) is 81.0 Å². The minimum atomic E-state index is -1.16. The lowest BCUT2D eigenvalue weighted by Crippen LogP contribution is -2.62. The van der Waals surface area contributed by atoms with Crippen LogP contribution in [-0.2, 0) is 30.6 Å². The van der Waals surface area contributed by atoms with Crippen LogP contribution in [0.4, 0.5) is 0 Å². The summed E-state index contributed by atoms with van der Waals surface area (Å²) in [6.07, 6.45) is 11.0. The molecule has 4 amide bonds. The normalized spacial score (nSPS) is 27.1. The highest BCUT2D eigenvalue weighted by molar-refractivity contribution is 6.21. The van der Waals surface area contributed by atoms with E-state index in [0.29, 0.717) is 35.1 Å². The summed E-state index contributed by atoms with van der Waals surface area (Å²) in [7, 11) is 0. The fourth-order valence-electron chi connectivity index (χ4n) is 9.07. The van der Waals surface area contributed by atoms with Crippen molar-refractivity contribution in [2.45, 2.75) is 147 Å². The van der Waals surface area contributed by atoms with Crippen LogP contribution >= 0.6 is 0 Å². The zero-order valence-electron chi connectivity index (χ0n) is 31.5. The minimum Gasteiger partial charge on any atom is -0.322 e. The standard InChI is InChI=1S/C41H54N4O4/c1-35(2)28-22-30-29(21-27(28)31(46)44(32(35)47)38(7,8)25-17-13-23(14-18-25)36(3,4)42)40(11)33(48)45(34(49)41(30,40)12)39(9,10)26-19-15-24(16-20-26)37(5,6)43/h13,15,17,19,21-22H,14,16,18,20,42-43H2,1-12H3. The summed E-state index contributed by atoms with van der Waals surface area (Å²) in [6.45, 7) is 23.0. The van der Waals surface area contributed by atoms with Crippen LogP contribution in [0.25, 0.3) is 0 Å². The van der Waals surface area contributed by atoms with Crippen LogP contribution in [0.5, 0.6) is 0 Å². The van der Waals surface area contributed by atoms with Gasteiger partial charge in [-0.1, -0.05) is 41.5 Å². The van der Waals surface area contributed by atoms with Gasteiger partial charge in [0.2, 0.25) is 17.7 Å². The third kappa shape index (κ3) is 4.48. The molecule has 0 saturated carbocycles. The van der Waals surface area contributed by atoms with Crippen LogP contribution in [0.15, 0.2) is 58.7 Å². The number of imide groups is 2. The van der Waals surface area contributed by atoms with E-state index in [1.807, 2.05) is 113 Å². The molecule has 2 heterocycles. The molecule has 0 bridgehead atoms. The molecule has 0 aromatic heterocycles. The number of carbonyl (C=O) groups excluding carboxylic acids is 4. The number of likely N-dealkylation sites (tertiary alicyclic amines) is 1. The maximum Gasteiger partial charge on any atom is 0.261 e. The van der Waals surface area contributed by atoms with Gasteiger partial charge in [0.05, 0.1) is 27.3 Å². The van der Waals surface area contributed by atoms with E-state index in [4.69, 9.17) is 11.5 Å². The average Bonchev–Trinajstić information content (AvgIpc) is 3.14. The van der Waals surface area contributed by atoms with E-state index in [0.717, 1.165) is 35.1 Å². The number of hydrogen-bond donors (Lipinski definition) is 2. The van der Waals surface area contributed by atoms with E-state index in [-0.39, 0.29) is 23.6 Å². The van der Waals surface area contributed by atoms with E-state index in [1.165, 1.54) is 9.80 Å². The van der Waals surface area contributed by atoms with Crippen molar-refractivity contribution in [3.8, 4) is 0 Å². The summed E-state index contributed by atoms with van der Waals surface area (Å²) in [5.41, 5.74) is 13.3. The lowest BCUT2D eigenvalue weighted by Gasteiger charge is -2.52. The van der Waals surface area contributed by atoms with Gasteiger partial charge in [-0.2, -0.15) is 0 Å². The topological polar surface area (TPSA) is 127 Å². The first-order valence-corrected chi connectivity index (χ1v) is 17.6. The molecule has 2 aliphatic heterocycles. The second-order valence-electron chi connectivity index (χ2n) is 18.0. The molecule has 1 saturated heterocycles. The molecule has 1 aromatic carbocycles. The SMILES string of the molecule is CC(C)(N)C1=CC=C(C(C)(C)N2C(=O)c3cc4c(cc3C(C)(C)C2=O)C2(C)C(=O)N(C(C)(C)C3=CC=C(C(C)(C)N)CC3)C(=O)C42C)CC1. The van der Waals surface area contributed by atoms with Gasteiger partial charge in [0, 0.05) is 16.6 Å². The van der Waals surface area contributed by atoms with Crippen LogP contribution in [0.3, 0.4) is 0 Å². The molecule has 1 aromatic rings. The Morgan fingerprint density at radius 3 is 1.29 bits per heavy atom. The highest BCUT2D eigenvalue weighted by atomic mass is 16.2. The number of amides is 4. The molecule has 3 aliphatic carbocycles. The van der Waals surface area contributed by atoms with Gasteiger partial charge in [-0.3, -0.25) is 29.0 Å². The first-order chi connectivity index (χ1) is 22.3. The number of carbonyl (C=O) groups is 4. The number of rotatable bonds is 6. The van der Waals surface area contributed by atoms with Crippen LogP contribution < -0.4 is 11.5 Å². The van der Waals surface area contributed by atoms with Crippen LogP contribution in [0, 0.1) is 0 Å². The number of benzene rings is 1. The fourth-order valence-corrected chi connectivity index (χ4v) is 9.07. The fraction of sp³-hybridized carbons (Fsp3) is 0.561.